The lowest BCUT2D eigenvalue weighted by Crippen LogP contribution is -2.10. The van der Waals surface area contributed by atoms with Gasteiger partial charge in [0.15, 0.2) is 0 Å². The zero-order valence-electron chi connectivity index (χ0n) is 27.6. The largest absolute Gasteiger partial charge is 0.456 e. The molecule has 0 bridgehead atoms. The van der Waals surface area contributed by atoms with Crippen LogP contribution in [0.2, 0.25) is 0 Å². The van der Waals surface area contributed by atoms with Gasteiger partial charge in [-0.05, 0) is 93.0 Å². The van der Waals surface area contributed by atoms with E-state index in [2.05, 4.69) is 179 Å². The lowest BCUT2D eigenvalue weighted by Gasteiger charge is -2.27. The first-order valence-corrected chi connectivity index (χ1v) is 17.4. The van der Waals surface area contributed by atoms with Crippen molar-refractivity contribution in [3.8, 4) is 5.69 Å². The third kappa shape index (κ3) is 4.19. The van der Waals surface area contributed by atoms with Crippen molar-refractivity contribution in [2.45, 2.75) is 0 Å². The molecule has 11 aromatic rings. The highest BCUT2D eigenvalue weighted by Crippen LogP contribution is 2.46. The molecule has 3 nitrogen and oxygen atoms in total. The summed E-state index contributed by atoms with van der Waals surface area (Å²) < 4.78 is 8.86. The Kier molecular flexibility index (Phi) is 5.96. The van der Waals surface area contributed by atoms with Crippen LogP contribution in [0.5, 0.6) is 0 Å². The van der Waals surface area contributed by atoms with Crippen LogP contribution >= 0.6 is 0 Å². The fourth-order valence-electron chi connectivity index (χ4n) is 8.27. The zero-order valence-corrected chi connectivity index (χ0v) is 27.6. The Hall–Kier alpha value is -6.84. The molecule has 51 heavy (non-hydrogen) atoms. The van der Waals surface area contributed by atoms with Crippen LogP contribution in [0.3, 0.4) is 0 Å². The van der Waals surface area contributed by atoms with Crippen molar-refractivity contribution in [1.82, 2.24) is 4.57 Å². The normalized spacial score (nSPS) is 11.9. The highest BCUT2D eigenvalue weighted by molar-refractivity contribution is 6.19. The molecular formula is C48H30N2O. The molecule has 0 N–H and O–H groups in total. The predicted octanol–water partition coefficient (Wildman–Crippen LogP) is 13.6. The summed E-state index contributed by atoms with van der Waals surface area (Å²) in [5.41, 5.74) is 8.48. The number of fused-ring (bicyclic) bond motifs is 11. The van der Waals surface area contributed by atoms with Gasteiger partial charge < -0.3 is 13.9 Å². The van der Waals surface area contributed by atoms with Gasteiger partial charge in [-0.3, -0.25) is 0 Å². The van der Waals surface area contributed by atoms with Crippen LogP contribution in [0.1, 0.15) is 0 Å². The van der Waals surface area contributed by atoms with Crippen LogP contribution in [-0.2, 0) is 0 Å². The molecule has 0 spiro atoms. The minimum atomic E-state index is 0.871. The SMILES string of the molecule is c1ccc(-n2c3ccccc3c3c(N(c4ccc5c(c4)oc4ccccc45)c4ccc5ccc6c7ccccc7ccc6c5c4)cccc32)cc1. The molecule has 0 aliphatic heterocycles. The summed E-state index contributed by atoms with van der Waals surface area (Å²) >= 11 is 0. The lowest BCUT2D eigenvalue weighted by molar-refractivity contribution is 0.669. The summed E-state index contributed by atoms with van der Waals surface area (Å²) in [5.74, 6) is 0. The summed E-state index contributed by atoms with van der Waals surface area (Å²) in [4.78, 5) is 2.41. The molecule has 2 heterocycles. The molecule has 9 aromatic carbocycles. The number of aromatic nitrogens is 1. The third-order valence-electron chi connectivity index (χ3n) is 10.5. The van der Waals surface area contributed by atoms with E-state index >= 15 is 0 Å². The Morgan fingerprint density at radius 1 is 0.373 bits per heavy atom. The number of furan rings is 1. The van der Waals surface area contributed by atoms with Gasteiger partial charge in [-0.25, -0.2) is 0 Å². The maximum absolute atomic E-state index is 6.47. The van der Waals surface area contributed by atoms with Crippen molar-refractivity contribution in [2.75, 3.05) is 4.90 Å². The maximum atomic E-state index is 6.47. The fourth-order valence-corrected chi connectivity index (χ4v) is 8.27. The first-order valence-electron chi connectivity index (χ1n) is 17.4. The molecule has 0 aliphatic carbocycles. The summed E-state index contributed by atoms with van der Waals surface area (Å²) in [6, 6.07) is 65.6. The molecular weight excluding hydrogens is 621 g/mol. The molecule has 0 amide bonds. The van der Waals surface area contributed by atoms with Crippen molar-refractivity contribution < 1.29 is 4.42 Å². The van der Waals surface area contributed by atoms with Gasteiger partial charge >= 0.3 is 0 Å². The van der Waals surface area contributed by atoms with E-state index in [0.29, 0.717) is 0 Å². The first kappa shape index (κ1) is 28.0. The molecule has 0 fully saturated rings. The van der Waals surface area contributed by atoms with Crippen molar-refractivity contribution in [1.29, 1.82) is 0 Å². The van der Waals surface area contributed by atoms with Crippen LogP contribution in [0.15, 0.2) is 186 Å². The Labute approximate surface area is 293 Å². The highest BCUT2D eigenvalue weighted by atomic mass is 16.3. The second kappa shape index (κ2) is 10.8. The lowest BCUT2D eigenvalue weighted by atomic mass is 9.96. The van der Waals surface area contributed by atoms with Crippen LogP contribution in [0, 0.1) is 0 Å². The Morgan fingerprint density at radius 2 is 0.980 bits per heavy atom. The van der Waals surface area contributed by atoms with Gasteiger partial charge in [0, 0.05) is 44.7 Å². The van der Waals surface area contributed by atoms with Gasteiger partial charge in [0.05, 0.1) is 16.7 Å². The quantitative estimate of drug-likeness (QED) is 0.177. The Balaban J connectivity index is 1.23. The van der Waals surface area contributed by atoms with Crippen molar-refractivity contribution in [2.24, 2.45) is 0 Å². The number of anilines is 3. The number of hydrogen-bond donors (Lipinski definition) is 0. The van der Waals surface area contributed by atoms with E-state index in [1.165, 1.54) is 48.6 Å². The summed E-state index contributed by atoms with van der Waals surface area (Å²) in [6.45, 7) is 0. The van der Waals surface area contributed by atoms with E-state index in [0.717, 1.165) is 50.2 Å². The van der Waals surface area contributed by atoms with Gasteiger partial charge in [-0.1, -0.05) is 115 Å². The molecule has 11 rings (SSSR count). The van der Waals surface area contributed by atoms with Crippen LogP contribution < -0.4 is 4.90 Å². The van der Waals surface area contributed by atoms with Crippen LogP contribution in [0.4, 0.5) is 17.1 Å². The molecule has 0 saturated heterocycles. The molecule has 3 heteroatoms. The average molecular weight is 651 g/mol. The van der Waals surface area contributed by atoms with Gasteiger partial charge in [0.25, 0.3) is 0 Å². The second-order valence-electron chi connectivity index (χ2n) is 13.3. The number of benzene rings is 9. The van der Waals surface area contributed by atoms with Crippen molar-refractivity contribution in [3.63, 3.8) is 0 Å². The van der Waals surface area contributed by atoms with Gasteiger partial charge in [0.1, 0.15) is 11.2 Å². The summed E-state index contributed by atoms with van der Waals surface area (Å²) in [6.07, 6.45) is 0. The van der Waals surface area contributed by atoms with Gasteiger partial charge in [0.2, 0.25) is 0 Å². The number of para-hydroxylation sites is 3. The number of rotatable bonds is 4. The van der Waals surface area contributed by atoms with E-state index in [1.807, 2.05) is 12.1 Å². The third-order valence-corrected chi connectivity index (χ3v) is 10.5. The summed E-state index contributed by atoms with van der Waals surface area (Å²) in [5, 5.41) is 12.1. The average Bonchev–Trinajstić information content (AvgIpc) is 3.74. The molecule has 0 radical (unpaired) electrons. The van der Waals surface area contributed by atoms with Gasteiger partial charge in [-0.2, -0.15) is 0 Å². The number of hydrogen-bond acceptors (Lipinski definition) is 2. The maximum Gasteiger partial charge on any atom is 0.137 e. The number of nitrogens with zero attached hydrogens (tertiary/aromatic N) is 2. The van der Waals surface area contributed by atoms with E-state index < -0.39 is 0 Å². The van der Waals surface area contributed by atoms with Crippen LogP contribution in [-0.4, -0.2) is 4.57 Å². The molecule has 0 unspecified atom stereocenters. The topological polar surface area (TPSA) is 21.3 Å². The zero-order chi connectivity index (χ0) is 33.5. The smallest absolute Gasteiger partial charge is 0.137 e. The Morgan fingerprint density at radius 3 is 1.86 bits per heavy atom. The molecule has 0 saturated carbocycles. The fraction of sp³-hybridized carbons (Fsp3) is 0. The predicted molar refractivity (Wildman–Crippen MR) is 215 cm³/mol. The van der Waals surface area contributed by atoms with Crippen LogP contribution in [0.25, 0.3) is 81.7 Å². The molecule has 0 aliphatic rings. The van der Waals surface area contributed by atoms with Gasteiger partial charge in [-0.15, -0.1) is 0 Å². The van der Waals surface area contributed by atoms with E-state index in [9.17, 15) is 0 Å². The van der Waals surface area contributed by atoms with Crippen molar-refractivity contribution >= 4 is 93.1 Å². The Bertz CT molecular complexity index is 3150. The molecule has 2 aromatic heterocycles. The second-order valence-corrected chi connectivity index (χ2v) is 13.3. The highest BCUT2D eigenvalue weighted by Gasteiger charge is 2.22. The molecule has 0 atom stereocenters. The standard InChI is InChI=1S/C48H30N2O/c1-2-12-33(13-3-1)50-43-17-8-6-16-41(43)48-44(18-10-19-45(48)50)49(35-25-28-40-39-15-7-9-20-46(39)51-47(40)30-35)34-24-21-32-23-26-37-36-14-5-4-11-31(36)22-27-38(37)42(32)29-34/h1-30H. The van der Waals surface area contributed by atoms with E-state index in [-0.39, 0.29) is 0 Å². The minimum absolute atomic E-state index is 0.871. The monoisotopic (exact) mass is 650 g/mol. The molecule has 238 valence electrons. The first-order chi connectivity index (χ1) is 25.3. The van der Waals surface area contributed by atoms with E-state index in [1.54, 1.807) is 0 Å². The van der Waals surface area contributed by atoms with Crippen molar-refractivity contribution in [3.05, 3.63) is 182 Å². The summed E-state index contributed by atoms with van der Waals surface area (Å²) in [7, 11) is 0. The minimum Gasteiger partial charge on any atom is -0.456 e. The van der Waals surface area contributed by atoms with E-state index in [4.69, 9.17) is 4.42 Å².